The van der Waals surface area contributed by atoms with Gasteiger partial charge in [0.15, 0.2) is 0 Å². The molecule has 4 nitrogen and oxygen atoms in total. The summed E-state index contributed by atoms with van der Waals surface area (Å²) < 4.78 is 0. The fourth-order valence-electron chi connectivity index (χ4n) is 0.744. The Morgan fingerprint density at radius 2 is 2.42 bits per heavy atom. The van der Waals surface area contributed by atoms with Crippen molar-refractivity contribution >= 4 is 23.4 Å². The van der Waals surface area contributed by atoms with Crippen molar-refractivity contribution in [2.24, 2.45) is 0 Å². The van der Waals surface area contributed by atoms with E-state index >= 15 is 0 Å². The molecule has 0 aliphatic rings. The lowest BCUT2D eigenvalue weighted by Gasteiger charge is -2.00. The Bertz CT molecular complexity index is 314. The van der Waals surface area contributed by atoms with Crippen LogP contribution in [0.2, 0.25) is 0 Å². The van der Waals surface area contributed by atoms with Gasteiger partial charge in [-0.15, -0.1) is 11.8 Å². The largest absolute Gasteiger partial charge is 0.478 e. The Hall–Kier alpha value is -1.23. The van der Waals surface area contributed by atoms with Crippen LogP contribution in [0.25, 0.3) is 0 Å². The first kappa shape index (κ1) is 8.86. The summed E-state index contributed by atoms with van der Waals surface area (Å²) >= 11 is 1.38. The van der Waals surface area contributed by atoms with Crippen LogP contribution in [0.4, 0.5) is 5.69 Å². The first-order valence-electron chi connectivity index (χ1n) is 3.18. The Kier molecular flexibility index (Phi) is 2.54. The molecule has 0 aliphatic carbocycles. The van der Waals surface area contributed by atoms with Gasteiger partial charge in [-0.1, -0.05) is 0 Å². The molecule has 0 amide bonds. The first-order chi connectivity index (χ1) is 5.65. The molecule has 0 radical (unpaired) electrons. The van der Waals surface area contributed by atoms with Crippen molar-refractivity contribution in [1.82, 2.24) is 4.98 Å². The maximum atomic E-state index is 10.6. The molecule has 64 valence electrons. The van der Waals surface area contributed by atoms with Crippen LogP contribution < -0.4 is 5.73 Å². The van der Waals surface area contributed by atoms with Gasteiger partial charge < -0.3 is 10.8 Å². The predicted molar refractivity (Wildman–Crippen MR) is 47.4 cm³/mol. The normalized spacial score (nSPS) is 9.75. The maximum absolute atomic E-state index is 10.6. The van der Waals surface area contributed by atoms with E-state index in [9.17, 15) is 4.79 Å². The number of carboxylic acid groups (broad SMARTS) is 1. The summed E-state index contributed by atoms with van der Waals surface area (Å²) in [4.78, 5) is 14.5. The van der Waals surface area contributed by atoms with Crippen molar-refractivity contribution in [3.05, 3.63) is 17.8 Å². The van der Waals surface area contributed by atoms with E-state index in [1.165, 1.54) is 24.0 Å². The van der Waals surface area contributed by atoms with Crippen LogP contribution >= 0.6 is 11.8 Å². The highest BCUT2D eigenvalue weighted by molar-refractivity contribution is 7.98. The Morgan fingerprint density at radius 1 is 1.75 bits per heavy atom. The van der Waals surface area contributed by atoms with Gasteiger partial charge in [-0.3, -0.25) is 0 Å². The lowest BCUT2D eigenvalue weighted by molar-refractivity contribution is 0.0697. The first-order valence-corrected chi connectivity index (χ1v) is 4.40. The summed E-state index contributed by atoms with van der Waals surface area (Å²) in [7, 11) is 0. The number of nitrogens with two attached hydrogens (primary N) is 1. The Morgan fingerprint density at radius 3 is 2.92 bits per heavy atom. The van der Waals surface area contributed by atoms with Crippen LogP contribution in [-0.4, -0.2) is 22.3 Å². The minimum absolute atomic E-state index is 0.106. The summed E-state index contributed by atoms with van der Waals surface area (Å²) in [5.41, 5.74) is 5.69. The molecule has 5 heteroatoms. The quantitative estimate of drug-likeness (QED) is 0.673. The molecule has 0 bridgehead atoms. The van der Waals surface area contributed by atoms with Gasteiger partial charge in [0.25, 0.3) is 0 Å². The minimum Gasteiger partial charge on any atom is -0.478 e. The second-order valence-corrected chi connectivity index (χ2v) is 2.95. The number of hydrogen-bond acceptors (Lipinski definition) is 4. The van der Waals surface area contributed by atoms with Crippen LogP contribution in [-0.2, 0) is 0 Å². The van der Waals surface area contributed by atoms with Gasteiger partial charge in [-0.25, -0.2) is 9.78 Å². The zero-order valence-electron chi connectivity index (χ0n) is 6.44. The highest BCUT2D eigenvalue weighted by atomic mass is 32.2. The second-order valence-electron chi connectivity index (χ2n) is 2.12. The van der Waals surface area contributed by atoms with Gasteiger partial charge in [0, 0.05) is 0 Å². The third-order valence-electron chi connectivity index (χ3n) is 1.35. The standard InChI is InChI=1S/C7H8N2O2S/c1-12-6-2-4(7(10)11)5(8)3-9-6/h2-3H,8H2,1H3,(H,10,11). The fraction of sp³-hybridized carbons (Fsp3) is 0.143. The molecule has 1 aromatic heterocycles. The number of pyridine rings is 1. The number of nitrogen functional groups attached to an aromatic ring is 1. The summed E-state index contributed by atoms with van der Waals surface area (Å²) in [6.07, 6.45) is 3.18. The number of nitrogens with zero attached hydrogens (tertiary/aromatic N) is 1. The molecule has 0 spiro atoms. The molecule has 3 N–H and O–H groups in total. The highest BCUT2D eigenvalue weighted by Gasteiger charge is 2.08. The van der Waals surface area contributed by atoms with E-state index < -0.39 is 5.97 Å². The van der Waals surface area contributed by atoms with E-state index in [0.29, 0.717) is 5.03 Å². The molecular weight excluding hydrogens is 176 g/mol. The molecule has 0 aromatic carbocycles. The van der Waals surface area contributed by atoms with E-state index in [-0.39, 0.29) is 11.3 Å². The SMILES string of the molecule is CSc1cc(C(=O)O)c(N)cn1. The summed E-state index contributed by atoms with van der Waals surface area (Å²) in [5.74, 6) is -1.02. The van der Waals surface area contributed by atoms with Crippen LogP contribution in [0.3, 0.4) is 0 Å². The van der Waals surface area contributed by atoms with Crippen LogP contribution in [0.5, 0.6) is 0 Å². The van der Waals surface area contributed by atoms with E-state index in [4.69, 9.17) is 10.8 Å². The van der Waals surface area contributed by atoms with E-state index in [1.807, 2.05) is 6.26 Å². The Balaban J connectivity index is 3.17. The molecule has 1 aromatic rings. The second kappa shape index (κ2) is 3.44. The van der Waals surface area contributed by atoms with Crippen LogP contribution in [0, 0.1) is 0 Å². The molecule has 0 fully saturated rings. The van der Waals surface area contributed by atoms with Crippen molar-refractivity contribution in [3.63, 3.8) is 0 Å². The van der Waals surface area contributed by atoms with E-state index in [1.54, 1.807) is 0 Å². The molecule has 1 heterocycles. The fourth-order valence-corrected chi connectivity index (χ4v) is 1.14. The average Bonchev–Trinajstić information content (AvgIpc) is 2.05. The number of rotatable bonds is 2. The Labute approximate surface area is 73.8 Å². The monoisotopic (exact) mass is 184 g/mol. The number of carboxylic acids is 1. The summed E-state index contributed by atoms with van der Waals surface area (Å²) in [5, 5.41) is 9.32. The number of carbonyl (C=O) groups is 1. The van der Waals surface area contributed by atoms with E-state index in [0.717, 1.165) is 0 Å². The third kappa shape index (κ3) is 1.68. The average molecular weight is 184 g/mol. The van der Waals surface area contributed by atoms with Gasteiger partial charge in [-0.05, 0) is 12.3 Å². The molecule has 1 rings (SSSR count). The van der Waals surface area contributed by atoms with Crippen molar-refractivity contribution in [2.75, 3.05) is 12.0 Å². The summed E-state index contributed by atoms with van der Waals surface area (Å²) in [6.45, 7) is 0. The molecule has 0 unspecified atom stereocenters. The van der Waals surface area contributed by atoms with Crippen LogP contribution in [0.1, 0.15) is 10.4 Å². The number of anilines is 1. The van der Waals surface area contributed by atoms with Gasteiger partial charge in [0.1, 0.15) is 0 Å². The maximum Gasteiger partial charge on any atom is 0.337 e. The number of thioether (sulfide) groups is 1. The number of hydrogen-bond donors (Lipinski definition) is 2. The van der Waals surface area contributed by atoms with Crippen molar-refractivity contribution in [3.8, 4) is 0 Å². The zero-order chi connectivity index (χ0) is 9.14. The molecular formula is C7H8N2O2S. The van der Waals surface area contributed by atoms with Gasteiger partial charge in [0.2, 0.25) is 0 Å². The van der Waals surface area contributed by atoms with Gasteiger partial charge in [-0.2, -0.15) is 0 Å². The molecule has 0 saturated heterocycles. The highest BCUT2D eigenvalue weighted by Crippen LogP contribution is 2.17. The van der Waals surface area contributed by atoms with Gasteiger partial charge >= 0.3 is 5.97 Å². The lowest BCUT2D eigenvalue weighted by Crippen LogP contribution is -2.03. The topological polar surface area (TPSA) is 76.2 Å². The third-order valence-corrected chi connectivity index (χ3v) is 1.99. The number of aromatic carboxylic acids is 1. The zero-order valence-corrected chi connectivity index (χ0v) is 7.26. The molecule has 0 aliphatic heterocycles. The molecule has 12 heavy (non-hydrogen) atoms. The number of aromatic nitrogens is 1. The van der Waals surface area contributed by atoms with Crippen molar-refractivity contribution in [2.45, 2.75) is 5.03 Å². The van der Waals surface area contributed by atoms with Gasteiger partial charge in [0.05, 0.1) is 22.5 Å². The van der Waals surface area contributed by atoms with Crippen molar-refractivity contribution in [1.29, 1.82) is 0 Å². The van der Waals surface area contributed by atoms with E-state index in [2.05, 4.69) is 4.98 Å². The smallest absolute Gasteiger partial charge is 0.337 e. The van der Waals surface area contributed by atoms with Crippen molar-refractivity contribution < 1.29 is 9.90 Å². The molecule has 0 saturated carbocycles. The van der Waals surface area contributed by atoms with Crippen LogP contribution in [0.15, 0.2) is 17.3 Å². The predicted octanol–water partition coefficient (Wildman–Crippen LogP) is 1.08. The lowest BCUT2D eigenvalue weighted by atomic mass is 10.2. The minimum atomic E-state index is -1.02. The molecule has 0 atom stereocenters. The summed E-state index contributed by atoms with van der Waals surface area (Å²) in [6, 6.07) is 1.46.